The van der Waals surface area contributed by atoms with Crippen LogP contribution in [0.4, 0.5) is 0 Å². The number of carboxylic acids is 2. The minimum absolute atomic E-state index is 0.00120. The van der Waals surface area contributed by atoms with E-state index in [2.05, 4.69) is 6.92 Å². The Morgan fingerprint density at radius 1 is 0.829 bits per heavy atom. The third kappa shape index (κ3) is 10.7. The summed E-state index contributed by atoms with van der Waals surface area (Å²) in [4.78, 5) is 37.4. The van der Waals surface area contributed by atoms with Gasteiger partial charge < -0.3 is 19.8 Å². The molecule has 7 nitrogen and oxygen atoms in total. The van der Waals surface area contributed by atoms with Crippen molar-refractivity contribution in [3.63, 3.8) is 0 Å². The van der Waals surface area contributed by atoms with Crippen molar-refractivity contribution in [2.75, 3.05) is 13.2 Å². The molecular formula is C28H45NO6. The molecule has 35 heavy (non-hydrogen) atoms. The SMILES string of the molecule is CCCCCCCCCCCCOc1ccc(CC(=O)N(CC)[C@@](CC)(CC(=O)O)C(=O)O)cc1. The molecule has 2 N–H and O–H groups in total. The summed E-state index contributed by atoms with van der Waals surface area (Å²) >= 11 is 0. The lowest BCUT2D eigenvalue weighted by molar-refractivity contribution is -0.164. The Morgan fingerprint density at radius 3 is 1.83 bits per heavy atom. The van der Waals surface area contributed by atoms with E-state index in [1.165, 1.54) is 56.3 Å². The van der Waals surface area contributed by atoms with Crippen molar-refractivity contribution in [3.05, 3.63) is 29.8 Å². The average Bonchev–Trinajstić information content (AvgIpc) is 2.82. The number of carbonyl (C=O) groups excluding carboxylic acids is 1. The quantitative estimate of drug-likeness (QED) is 0.214. The van der Waals surface area contributed by atoms with E-state index >= 15 is 0 Å². The van der Waals surface area contributed by atoms with Gasteiger partial charge in [0.2, 0.25) is 5.91 Å². The molecule has 1 rings (SSSR count). The molecule has 0 aliphatic heterocycles. The Kier molecular flexibility index (Phi) is 14.8. The van der Waals surface area contributed by atoms with Crippen LogP contribution in [-0.2, 0) is 20.8 Å². The van der Waals surface area contributed by atoms with E-state index in [9.17, 15) is 24.6 Å². The zero-order valence-electron chi connectivity index (χ0n) is 21.9. The predicted octanol–water partition coefficient (Wildman–Crippen LogP) is 6.09. The summed E-state index contributed by atoms with van der Waals surface area (Å²) in [5.74, 6) is -2.21. The monoisotopic (exact) mass is 491 g/mol. The fraction of sp³-hybridized carbons (Fsp3) is 0.679. The summed E-state index contributed by atoms with van der Waals surface area (Å²) in [6.07, 6.45) is 12.1. The van der Waals surface area contributed by atoms with Crippen LogP contribution in [0.2, 0.25) is 0 Å². The Labute approximate surface area is 210 Å². The molecule has 1 atom stereocenters. The first-order valence-corrected chi connectivity index (χ1v) is 13.3. The molecule has 0 fully saturated rings. The van der Waals surface area contributed by atoms with Crippen molar-refractivity contribution >= 4 is 17.8 Å². The Morgan fingerprint density at radius 2 is 1.37 bits per heavy atom. The Bertz CT molecular complexity index is 763. The Hall–Kier alpha value is -2.57. The number of ether oxygens (including phenoxy) is 1. The topological polar surface area (TPSA) is 104 Å². The van der Waals surface area contributed by atoms with E-state index in [-0.39, 0.29) is 19.4 Å². The van der Waals surface area contributed by atoms with Crippen molar-refractivity contribution in [1.82, 2.24) is 4.90 Å². The Balaban J connectivity index is 2.46. The second-order valence-corrected chi connectivity index (χ2v) is 9.25. The van der Waals surface area contributed by atoms with Gasteiger partial charge in [0, 0.05) is 6.54 Å². The van der Waals surface area contributed by atoms with E-state index in [4.69, 9.17) is 4.74 Å². The van der Waals surface area contributed by atoms with E-state index in [1.807, 2.05) is 12.1 Å². The molecule has 1 aromatic carbocycles. The van der Waals surface area contributed by atoms with Crippen LogP contribution in [0.1, 0.15) is 103 Å². The summed E-state index contributed by atoms with van der Waals surface area (Å²) in [5.41, 5.74) is -1.03. The number of hydrogen-bond acceptors (Lipinski definition) is 4. The minimum atomic E-state index is -1.75. The maximum Gasteiger partial charge on any atom is 0.330 e. The van der Waals surface area contributed by atoms with Gasteiger partial charge in [0.1, 0.15) is 5.75 Å². The number of carbonyl (C=O) groups is 3. The lowest BCUT2D eigenvalue weighted by Crippen LogP contribution is -2.58. The van der Waals surface area contributed by atoms with Crippen molar-refractivity contribution in [1.29, 1.82) is 0 Å². The van der Waals surface area contributed by atoms with Gasteiger partial charge in [0.15, 0.2) is 5.54 Å². The van der Waals surface area contributed by atoms with Gasteiger partial charge in [-0.05, 0) is 37.5 Å². The lowest BCUT2D eigenvalue weighted by Gasteiger charge is -2.38. The second-order valence-electron chi connectivity index (χ2n) is 9.25. The molecule has 0 bridgehead atoms. The summed E-state index contributed by atoms with van der Waals surface area (Å²) < 4.78 is 5.82. The highest BCUT2D eigenvalue weighted by atomic mass is 16.5. The van der Waals surface area contributed by atoms with Crippen LogP contribution in [0.3, 0.4) is 0 Å². The van der Waals surface area contributed by atoms with Gasteiger partial charge >= 0.3 is 11.9 Å². The number of likely N-dealkylation sites (N-methyl/N-ethyl adjacent to an activating group) is 1. The summed E-state index contributed by atoms with van der Waals surface area (Å²) in [6, 6.07) is 7.23. The fourth-order valence-corrected chi connectivity index (χ4v) is 4.47. The van der Waals surface area contributed by atoms with Gasteiger partial charge in [-0.2, -0.15) is 0 Å². The summed E-state index contributed by atoms with van der Waals surface area (Å²) in [6.45, 7) is 6.27. The third-order valence-corrected chi connectivity index (χ3v) is 6.61. The molecule has 0 radical (unpaired) electrons. The molecule has 1 aromatic rings. The number of nitrogens with zero attached hydrogens (tertiary/aromatic N) is 1. The fourth-order valence-electron chi connectivity index (χ4n) is 4.47. The third-order valence-electron chi connectivity index (χ3n) is 6.61. The van der Waals surface area contributed by atoms with E-state index in [1.54, 1.807) is 26.0 Å². The highest BCUT2D eigenvalue weighted by molar-refractivity contribution is 5.91. The first-order valence-electron chi connectivity index (χ1n) is 13.3. The van der Waals surface area contributed by atoms with Crippen LogP contribution in [0.15, 0.2) is 24.3 Å². The molecule has 0 aliphatic carbocycles. The lowest BCUT2D eigenvalue weighted by atomic mass is 9.89. The maximum atomic E-state index is 12.9. The number of hydrogen-bond donors (Lipinski definition) is 2. The molecule has 0 aliphatic rings. The molecule has 0 heterocycles. The van der Waals surface area contributed by atoms with Gasteiger partial charge in [0.25, 0.3) is 0 Å². The number of unbranched alkanes of at least 4 members (excludes halogenated alkanes) is 9. The maximum absolute atomic E-state index is 12.9. The van der Waals surface area contributed by atoms with Crippen LogP contribution in [0.25, 0.3) is 0 Å². The van der Waals surface area contributed by atoms with Crippen LogP contribution >= 0.6 is 0 Å². The van der Waals surface area contributed by atoms with Crippen molar-refractivity contribution in [3.8, 4) is 5.75 Å². The van der Waals surface area contributed by atoms with Crippen LogP contribution in [0.5, 0.6) is 5.75 Å². The van der Waals surface area contributed by atoms with Crippen molar-refractivity contribution < 1.29 is 29.3 Å². The highest BCUT2D eigenvalue weighted by Gasteiger charge is 2.46. The first kappa shape index (κ1) is 30.5. The summed E-state index contributed by atoms with van der Waals surface area (Å²) in [5, 5.41) is 19.0. The van der Waals surface area contributed by atoms with Gasteiger partial charge in [-0.25, -0.2) is 4.79 Å². The molecule has 0 aromatic heterocycles. The summed E-state index contributed by atoms with van der Waals surface area (Å²) in [7, 11) is 0. The van der Waals surface area contributed by atoms with Crippen LogP contribution in [0, 0.1) is 0 Å². The van der Waals surface area contributed by atoms with Crippen LogP contribution in [-0.4, -0.2) is 51.6 Å². The smallest absolute Gasteiger partial charge is 0.330 e. The highest BCUT2D eigenvalue weighted by Crippen LogP contribution is 2.26. The molecule has 0 saturated carbocycles. The van der Waals surface area contributed by atoms with Gasteiger partial charge in [-0.15, -0.1) is 0 Å². The first-order chi connectivity index (χ1) is 16.8. The van der Waals surface area contributed by atoms with Gasteiger partial charge in [-0.3, -0.25) is 9.59 Å². The number of rotatable bonds is 20. The number of benzene rings is 1. The second kappa shape index (κ2) is 17.0. The number of carboxylic acid groups (broad SMARTS) is 2. The zero-order chi connectivity index (χ0) is 26.1. The van der Waals surface area contributed by atoms with E-state index in [0.29, 0.717) is 6.61 Å². The van der Waals surface area contributed by atoms with Gasteiger partial charge in [-0.1, -0.05) is 83.8 Å². The van der Waals surface area contributed by atoms with E-state index < -0.39 is 29.8 Å². The van der Waals surface area contributed by atoms with Gasteiger partial charge in [0.05, 0.1) is 19.4 Å². The van der Waals surface area contributed by atoms with Crippen LogP contribution < -0.4 is 4.74 Å². The largest absolute Gasteiger partial charge is 0.494 e. The molecule has 1 amide bonds. The zero-order valence-corrected chi connectivity index (χ0v) is 21.9. The van der Waals surface area contributed by atoms with Crippen molar-refractivity contribution in [2.24, 2.45) is 0 Å². The molecule has 0 saturated heterocycles. The minimum Gasteiger partial charge on any atom is -0.494 e. The normalized spacial score (nSPS) is 12.7. The van der Waals surface area contributed by atoms with Crippen molar-refractivity contribution in [2.45, 2.75) is 110 Å². The number of amides is 1. The average molecular weight is 492 g/mol. The molecule has 198 valence electrons. The van der Waals surface area contributed by atoms with E-state index in [0.717, 1.165) is 24.2 Å². The number of aliphatic carboxylic acids is 2. The molecular weight excluding hydrogens is 446 g/mol. The predicted molar refractivity (Wildman–Crippen MR) is 138 cm³/mol. The standard InChI is InChI=1S/C28H45NO6/c1-4-7-8-9-10-11-12-13-14-15-20-35-24-18-16-23(17-19-24)21-25(30)29(6-3)28(5-2,27(33)34)22-26(31)32/h16-19H,4-15,20-22H2,1-3H3,(H,31,32)(H,33,34)/t28-/m0/s1. The molecule has 0 spiro atoms. The molecule has 0 unspecified atom stereocenters. The molecule has 7 heteroatoms.